The normalized spacial score (nSPS) is 10.7. The summed E-state index contributed by atoms with van der Waals surface area (Å²) in [6.45, 7) is 4.07. The Morgan fingerprint density at radius 2 is 2.42 bits per heavy atom. The lowest BCUT2D eigenvalue weighted by Gasteiger charge is -2.08. The van der Waals surface area contributed by atoms with Crippen molar-refractivity contribution in [3.05, 3.63) is 16.4 Å². The maximum atomic E-state index is 10.3. The zero-order chi connectivity index (χ0) is 9.14. The fourth-order valence-electron chi connectivity index (χ4n) is 1.08. The van der Waals surface area contributed by atoms with Crippen molar-refractivity contribution in [3.63, 3.8) is 0 Å². The zero-order valence-corrected chi connectivity index (χ0v) is 8.71. The fraction of sp³-hybridized carbons (Fsp3) is 0.500. The van der Waals surface area contributed by atoms with Gasteiger partial charge < -0.3 is 4.79 Å². The number of aldehydes is 1. The highest BCUT2D eigenvalue weighted by molar-refractivity contribution is 9.10. The van der Waals surface area contributed by atoms with Crippen molar-refractivity contribution in [2.45, 2.75) is 26.3 Å². The molecule has 1 heterocycles. The molecular weight excluding hydrogens is 220 g/mol. The first-order valence-corrected chi connectivity index (χ1v) is 4.61. The number of hydrogen-bond donors (Lipinski definition) is 0. The number of nitrogens with zero attached hydrogens (tertiary/aromatic N) is 2. The first-order valence-electron chi connectivity index (χ1n) is 3.82. The standard InChI is InChI=1S/C8H11BrN2O/c1-6(2)11-8(3-4-12)7(9)5-10-11/h4-6H,3H2,1-2H3. The number of carbonyl (C=O) groups is 1. The van der Waals surface area contributed by atoms with Crippen molar-refractivity contribution < 1.29 is 4.79 Å². The lowest BCUT2D eigenvalue weighted by molar-refractivity contribution is -0.107. The van der Waals surface area contributed by atoms with Gasteiger partial charge >= 0.3 is 0 Å². The van der Waals surface area contributed by atoms with Crippen LogP contribution in [0.1, 0.15) is 25.6 Å². The SMILES string of the molecule is CC(C)n1ncc(Br)c1CC=O. The van der Waals surface area contributed by atoms with E-state index in [2.05, 4.69) is 21.0 Å². The number of rotatable bonds is 3. The summed E-state index contributed by atoms with van der Waals surface area (Å²) in [7, 11) is 0. The van der Waals surface area contributed by atoms with E-state index in [0.717, 1.165) is 16.5 Å². The monoisotopic (exact) mass is 230 g/mol. The fourth-order valence-corrected chi connectivity index (χ4v) is 1.52. The summed E-state index contributed by atoms with van der Waals surface area (Å²) in [5, 5.41) is 4.14. The predicted octanol–water partition coefficient (Wildman–Crippen LogP) is 1.97. The molecule has 0 unspecified atom stereocenters. The summed E-state index contributed by atoms with van der Waals surface area (Å²) in [6, 6.07) is 0.297. The van der Waals surface area contributed by atoms with E-state index in [1.54, 1.807) is 6.20 Å². The highest BCUT2D eigenvalue weighted by Crippen LogP contribution is 2.19. The molecule has 3 nitrogen and oxygen atoms in total. The van der Waals surface area contributed by atoms with E-state index < -0.39 is 0 Å². The summed E-state index contributed by atoms with van der Waals surface area (Å²) in [6.07, 6.45) is 3.03. The summed E-state index contributed by atoms with van der Waals surface area (Å²) in [4.78, 5) is 10.3. The van der Waals surface area contributed by atoms with Gasteiger partial charge in [0.1, 0.15) is 6.29 Å². The summed E-state index contributed by atoms with van der Waals surface area (Å²) >= 11 is 3.34. The van der Waals surface area contributed by atoms with E-state index in [1.165, 1.54) is 0 Å². The van der Waals surface area contributed by atoms with Gasteiger partial charge in [0, 0.05) is 12.5 Å². The Labute approximate surface area is 79.9 Å². The number of hydrogen-bond acceptors (Lipinski definition) is 2. The molecule has 1 aromatic rings. The maximum Gasteiger partial charge on any atom is 0.125 e. The lowest BCUT2D eigenvalue weighted by atomic mass is 10.3. The molecular formula is C8H11BrN2O. The van der Waals surface area contributed by atoms with Crippen LogP contribution in [-0.2, 0) is 11.2 Å². The molecule has 0 amide bonds. The molecule has 0 saturated carbocycles. The van der Waals surface area contributed by atoms with Gasteiger partial charge in [0.2, 0.25) is 0 Å². The van der Waals surface area contributed by atoms with Gasteiger partial charge in [-0.25, -0.2) is 0 Å². The Morgan fingerprint density at radius 3 is 2.92 bits per heavy atom. The van der Waals surface area contributed by atoms with Crippen LogP contribution in [0.5, 0.6) is 0 Å². The van der Waals surface area contributed by atoms with Crippen LogP contribution in [0.25, 0.3) is 0 Å². The zero-order valence-electron chi connectivity index (χ0n) is 7.12. The van der Waals surface area contributed by atoms with Crippen LogP contribution in [-0.4, -0.2) is 16.1 Å². The third kappa shape index (κ3) is 1.75. The third-order valence-electron chi connectivity index (χ3n) is 1.61. The maximum absolute atomic E-state index is 10.3. The van der Waals surface area contributed by atoms with E-state index in [9.17, 15) is 4.79 Å². The van der Waals surface area contributed by atoms with Crippen LogP contribution in [0.15, 0.2) is 10.7 Å². The minimum Gasteiger partial charge on any atom is -0.303 e. The second-order valence-corrected chi connectivity index (χ2v) is 3.70. The molecule has 0 saturated heterocycles. The van der Waals surface area contributed by atoms with Crippen molar-refractivity contribution in [2.24, 2.45) is 0 Å². The van der Waals surface area contributed by atoms with Crippen LogP contribution in [0, 0.1) is 0 Å². The van der Waals surface area contributed by atoms with Gasteiger partial charge in [-0.15, -0.1) is 0 Å². The van der Waals surface area contributed by atoms with Gasteiger partial charge in [0.25, 0.3) is 0 Å². The quantitative estimate of drug-likeness (QED) is 0.745. The predicted molar refractivity (Wildman–Crippen MR) is 50.1 cm³/mol. The highest BCUT2D eigenvalue weighted by atomic mass is 79.9. The first-order chi connectivity index (χ1) is 5.66. The van der Waals surface area contributed by atoms with Crippen LogP contribution in [0.2, 0.25) is 0 Å². The molecule has 1 aromatic heterocycles. The molecule has 0 aliphatic heterocycles. The Morgan fingerprint density at radius 1 is 1.75 bits per heavy atom. The van der Waals surface area contributed by atoms with E-state index in [0.29, 0.717) is 12.5 Å². The average Bonchev–Trinajstić information content (AvgIpc) is 2.34. The minimum atomic E-state index is 0.297. The van der Waals surface area contributed by atoms with E-state index in [-0.39, 0.29) is 0 Å². The Kier molecular flexibility index (Phi) is 3.03. The topological polar surface area (TPSA) is 34.9 Å². The average molecular weight is 231 g/mol. The molecule has 0 aliphatic rings. The van der Waals surface area contributed by atoms with Crippen molar-refractivity contribution in [1.29, 1.82) is 0 Å². The molecule has 0 fully saturated rings. The van der Waals surface area contributed by atoms with Gasteiger partial charge in [-0.1, -0.05) is 0 Å². The van der Waals surface area contributed by atoms with Crippen LogP contribution < -0.4 is 0 Å². The van der Waals surface area contributed by atoms with Crippen molar-refractivity contribution in [1.82, 2.24) is 9.78 Å². The second-order valence-electron chi connectivity index (χ2n) is 2.85. The number of halogens is 1. The molecule has 0 bridgehead atoms. The van der Waals surface area contributed by atoms with E-state index in [4.69, 9.17) is 0 Å². The largest absolute Gasteiger partial charge is 0.303 e. The molecule has 4 heteroatoms. The van der Waals surface area contributed by atoms with Gasteiger partial charge in [-0.2, -0.15) is 5.10 Å². The summed E-state index contributed by atoms with van der Waals surface area (Å²) in [5.74, 6) is 0. The molecule has 0 atom stereocenters. The van der Waals surface area contributed by atoms with Crippen LogP contribution in [0.4, 0.5) is 0 Å². The van der Waals surface area contributed by atoms with Gasteiger partial charge in [0.05, 0.1) is 16.4 Å². The van der Waals surface area contributed by atoms with Crippen molar-refractivity contribution >= 4 is 22.2 Å². The molecule has 0 spiro atoms. The van der Waals surface area contributed by atoms with Crippen molar-refractivity contribution in [2.75, 3.05) is 0 Å². The number of carbonyl (C=O) groups excluding carboxylic acids is 1. The molecule has 66 valence electrons. The van der Waals surface area contributed by atoms with Gasteiger partial charge in [-0.05, 0) is 29.8 Å². The van der Waals surface area contributed by atoms with Crippen LogP contribution >= 0.6 is 15.9 Å². The first kappa shape index (κ1) is 9.45. The Balaban J connectivity index is 3.03. The molecule has 0 aliphatic carbocycles. The summed E-state index contributed by atoms with van der Waals surface area (Å²) < 4.78 is 2.75. The highest BCUT2D eigenvalue weighted by Gasteiger charge is 2.09. The summed E-state index contributed by atoms with van der Waals surface area (Å²) in [5.41, 5.74) is 0.944. The van der Waals surface area contributed by atoms with Crippen LogP contribution in [0.3, 0.4) is 0 Å². The Hall–Kier alpha value is -0.640. The third-order valence-corrected chi connectivity index (χ3v) is 2.28. The molecule has 0 N–H and O–H groups in total. The second kappa shape index (κ2) is 3.85. The molecule has 0 radical (unpaired) electrons. The minimum absolute atomic E-state index is 0.297. The van der Waals surface area contributed by atoms with Crippen molar-refractivity contribution in [3.8, 4) is 0 Å². The smallest absolute Gasteiger partial charge is 0.125 e. The van der Waals surface area contributed by atoms with E-state index >= 15 is 0 Å². The van der Waals surface area contributed by atoms with Gasteiger partial charge in [-0.3, -0.25) is 4.68 Å². The lowest BCUT2D eigenvalue weighted by Crippen LogP contribution is -2.07. The molecule has 1 rings (SSSR count). The van der Waals surface area contributed by atoms with Gasteiger partial charge in [0.15, 0.2) is 0 Å². The molecule has 12 heavy (non-hydrogen) atoms. The van der Waals surface area contributed by atoms with E-state index in [1.807, 2.05) is 18.5 Å². The Bertz CT molecular complexity index is 281. The molecule has 0 aromatic carbocycles. The number of aromatic nitrogens is 2.